The maximum absolute atomic E-state index is 13.0. The minimum absolute atomic E-state index is 0.0207. The second-order valence-electron chi connectivity index (χ2n) is 8.12. The summed E-state index contributed by atoms with van der Waals surface area (Å²) >= 11 is 0. The monoisotopic (exact) mass is 380 g/mol. The fourth-order valence-corrected chi connectivity index (χ4v) is 4.33. The molecule has 3 heterocycles. The van der Waals surface area contributed by atoms with Crippen molar-refractivity contribution in [2.75, 3.05) is 26.7 Å². The molecule has 2 aliphatic rings. The number of amides is 1. The van der Waals surface area contributed by atoms with Crippen LogP contribution in [-0.4, -0.2) is 52.4 Å². The summed E-state index contributed by atoms with van der Waals surface area (Å²) in [5, 5.41) is 0. The lowest BCUT2D eigenvalue weighted by Crippen LogP contribution is -2.42. The lowest BCUT2D eigenvalue weighted by Gasteiger charge is -2.34. The minimum atomic E-state index is -0.161. The molecule has 148 valence electrons. The number of carbonyl (C=O) groups is 1. The van der Waals surface area contributed by atoms with Gasteiger partial charge in [-0.15, -0.1) is 0 Å². The first kappa shape index (κ1) is 18.9. The second-order valence-corrected chi connectivity index (χ2v) is 8.12. The van der Waals surface area contributed by atoms with E-state index in [0.717, 1.165) is 55.0 Å². The molecule has 2 aromatic rings. The summed E-state index contributed by atoms with van der Waals surface area (Å²) in [6.45, 7) is 4.94. The van der Waals surface area contributed by atoms with E-state index in [0.29, 0.717) is 13.1 Å². The zero-order valence-corrected chi connectivity index (χ0v) is 16.6. The molecule has 1 aromatic carbocycles. The summed E-state index contributed by atoms with van der Waals surface area (Å²) < 4.78 is 0. The Kier molecular flexibility index (Phi) is 5.31. The highest BCUT2D eigenvalue weighted by Crippen LogP contribution is 2.28. The molecule has 0 spiro atoms. The van der Waals surface area contributed by atoms with Crippen LogP contribution in [0.2, 0.25) is 0 Å². The van der Waals surface area contributed by atoms with Gasteiger partial charge in [-0.1, -0.05) is 30.3 Å². The van der Waals surface area contributed by atoms with Crippen LogP contribution in [0.15, 0.2) is 35.1 Å². The normalized spacial score (nSPS) is 21.2. The van der Waals surface area contributed by atoms with E-state index in [1.807, 2.05) is 49.2 Å². The number of aromatic amines is 1. The van der Waals surface area contributed by atoms with Crippen LogP contribution in [0.4, 0.5) is 0 Å². The number of nitrogens with zero attached hydrogens (tertiary/aromatic N) is 3. The van der Waals surface area contributed by atoms with E-state index < -0.39 is 0 Å². The molecule has 4 rings (SSSR count). The van der Waals surface area contributed by atoms with Gasteiger partial charge in [0, 0.05) is 38.5 Å². The molecule has 0 saturated carbocycles. The highest BCUT2D eigenvalue weighted by molar-refractivity contribution is 5.83. The van der Waals surface area contributed by atoms with E-state index in [1.165, 1.54) is 0 Å². The van der Waals surface area contributed by atoms with Crippen LogP contribution in [0.1, 0.15) is 54.2 Å². The summed E-state index contributed by atoms with van der Waals surface area (Å²) in [4.78, 5) is 37.5. The summed E-state index contributed by atoms with van der Waals surface area (Å²) in [5.41, 5.74) is 2.74. The number of likely N-dealkylation sites (tertiary alicyclic amines) is 1. The van der Waals surface area contributed by atoms with Crippen LogP contribution in [0, 0.1) is 0 Å². The number of likely N-dealkylation sites (N-methyl/N-ethyl adjacent to an activating group) is 1. The summed E-state index contributed by atoms with van der Waals surface area (Å²) in [6, 6.07) is 9.91. The molecule has 0 bridgehead atoms. The van der Waals surface area contributed by atoms with Crippen molar-refractivity contribution in [2.24, 2.45) is 0 Å². The van der Waals surface area contributed by atoms with Crippen LogP contribution in [0.25, 0.3) is 0 Å². The van der Waals surface area contributed by atoms with Crippen molar-refractivity contribution in [1.82, 2.24) is 19.8 Å². The molecule has 0 aliphatic carbocycles. The van der Waals surface area contributed by atoms with Crippen molar-refractivity contribution < 1.29 is 4.79 Å². The Morgan fingerprint density at radius 3 is 2.82 bits per heavy atom. The first-order valence-electron chi connectivity index (χ1n) is 10.2. The molecule has 28 heavy (non-hydrogen) atoms. The molecule has 2 aliphatic heterocycles. The standard InChI is InChI=1S/C22H28N4O2/c1-15(16-7-4-3-5-8-16)22(28)26-11-6-9-17(13-26)20-23-19-10-12-25(2)14-18(19)21(27)24-20/h3-5,7-8,15,17H,6,9-14H2,1-2H3,(H,23,24,27)/t15-,17-/m1/s1. The van der Waals surface area contributed by atoms with Gasteiger partial charge in [0.2, 0.25) is 5.91 Å². The van der Waals surface area contributed by atoms with E-state index in [2.05, 4.69) is 9.88 Å². The number of hydrogen-bond donors (Lipinski definition) is 1. The third kappa shape index (κ3) is 3.74. The Bertz CT molecular complexity index is 908. The summed E-state index contributed by atoms with van der Waals surface area (Å²) in [5.74, 6) is 0.834. The van der Waals surface area contributed by atoms with Crippen LogP contribution >= 0.6 is 0 Å². The molecule has 6 heteroatoms. The van der Waals surface area contributed by atoms with E-state index in [9.17, 15) is 9.59 Å². The number of fused-ring (bicyclic) bond motifs is 1. The highest BCUT2D eigenvalue weighted by Gasteiger charge is 2.30. The van der Waals surface area contributed by atoms with Crippen molar-refractivity contribution >= 4 is 5.91 Å². The van der Waals surface area contributed by atoms with Crippen molar-refractivity contribution in [3.63, 3.8) is 0 Å². The van der Waals surface area contributed by atoms with Crippen LogP contribution in [0.3, 0.4) is 0 Å². The fraction of sp³-hybridized carbons (Fsp3) is 0.500. The van der Waals surface area contributed by atoms with Gasteiger partial charge in [0.1, 0.15) is 5.82 Å². The fourth-order valence-electron chi connectivity index (χ4n) is 4.33. The topological polar surface area (TPSA) is 69.3 Å². The number of H-pyrrole nitrogens is 1. The van der Waals surface area contributed by atoms with Crippen molar-refractivity contribution in [2.45, 2.75) is 44.6 Å². The molecule has 0 unspecified atom stereocenters. The molecular formula is C22H28N4O2. The lowest BCUT2D eigenvalue weighted by molar-refractivity contribution is -0.133. The molecular weight excluding hydrogens is 352 g/mol. The van der Waals surface area contributed by atoms with E-state index >= 15 is 0 Å². The quantitative estimate of drug-likeness (QED) is 0.887. The first-order chi connectivity index (χ1) is 13.5. The molecule has 1 fully saturated rings. The van der Waals surface area contributed by atoms with Gasteiger partial charge < -0.3 is 14.8 Å². The molecule has 2 atom stereocenters. The zero-order valence-electron chi connectivity index (χ0n) is 16.6. The largest absolute Gasteiger partial charge is 0.341 e. The second kappa shape index (κ2) is 7.87. The van der Waals surface area contributed by atoms with E-state index in [-0.39, 0.29) is 23.3 Å². The Hall–Kier alpha value is -2.47. The third-order valence-electron chi connectivity index (χ3n) is 6.07. The van der Waals surface area contributed by atoms with Gasteiger partial charge in [0.15, 0.2) is 0 Å². The SMILES string of the molecule is C[C@@H](C(=O)N1CCC[C@@H](c2nc3c(c(=O)[nH]2)CN(C)CC3)C1)c1ccccc1. The summed E-state index contributed by atoms with van der Waals surface area (Å²) in [6.07, 6.45) is 2.69. The van der Waals surface area contributed by atoms with Crippen molar-refractivity contribution in [3.05, 3.63) is 63.3 Å². The number of benzene rings is 1. The Morgan fingerprint density at radius 2 is 2.04 bits per heavy atom. The van der Waals surface area contributed by atoms with Crippen LogP contribution in [0.5, 0.6) is 0 Å². The van der Waals surface area contributed by atoms with Crippen molar-refractivity contribution in [1.29, 1.82) is 0 Å². The third-order valence-corrected chi connectivity index (χ3v) is 6.07. The Morgan fingerprint density at radius 1 is 1.25 bits per heavy atom. The number of piperidine rings is 1. The maximum Gasteiger partial charge on any atom is 0.255 e. The number of rotatable bonds is 3. The Balaban J connectivity index is 1.52. The van der Waals surface area contributed by atoms with Crippen LogP contribution in [-0.2, 0) is 17.8 Å². The average molecular weight is 380 g/mol. The van der Waals surface area contributed by atoms with Gasteiger partial charge >= 0.3 is 0 Å². The van der Waals surface area contributed by atoms with Gasteiger partial charge in [0.05, 0.1) is 17.2 Å². The van der Waals surface area contributed by atoms with Gasteiger partial charge in [-0.25, -0.2) is 4.98 Å². The average Bonchev–Trinajstić information content (AvgIpc) is 2.74. The number of carbonyl (C=O) groups excluding carboxylic acids is 1. The van der Waals surface area contributed by atoms with Gasteiger partial charge in [-0.3, -0.25) is 9.59 Å². The molecule has 1 amide bonds. The van der Waals surface area contributed by atoms with Crippen LogP contribution < -0.4 is 5.56 Å². The van der Waals surface area contributed by atoms with Gasteiger partial charge in [-0.05, 0) is 32.4 Å². The minimum Gasteiger partial charge on any atom is -0.341 e. The number of nitrogens with one attached hydrogen (secondary N) is 1. The predicted octanol–water partition coefficient (Wildman–Crippen LogP) is 2.27. The van der Waals surface area contributed by atoms with Gasteiger partial charge in [0.25, 0.3) is 5.56 Å². The lowest BCUT2D eigenvalue weighted by atomic mass is 9.93. The number of hydrogen-bond acceptors (Lipinski definition) is 4. The van der Waals surface area contributed by atoms with Crippen molar-refractivity contribution in [3.8, 4) is 0 Å². The summed E-state index contributed by atoms with van der Waals surface area (Å²) in [7, 11) is 2.02. The predicted molar refractivity (Wildman–Crippen MR) is 108 cm³/mol. The molecule has 1 saturated heterocycles. The van der Waals surface area contributed by atoms with E-state index in [1.54, 1.807) is 0 Å². The highest BCUT2D eigenvalue weighted by atomic mass is 16.2. The van der Waals surface area contributed by atoms with Gasteiger partial charge in [-0.2, -0.15) is 0 Å². The molecule has 0 radical (unpaired) electrons. The van der Waals surface area contributed by atoms with E-state index in [4.69, 9.17) is 4.98 Å². The smallest absolute Gasteiger partial charge is 0.255 e. The first-order valence-corrected chi connectivity index (χ1v) is 10.2. The molecule has 1 aromatic heterocycles. The molecule has 6 nitrogen and oxygen atoms in total. The zero-order chi connectivity index (χ0) is 19.7. The molecule has 1 N–H and O–H groups in total. The number of aromatic nitrogens is 2. The maximum atomic E-state index is 13.0. The Labute approximate surface area is 165 Å².